The summed E-state index contributed by atoms with van der Waals surface area (Å²) in [5, 5.41) is 5.48. The molecule has 0 amide bonds. The second kappa shape index (κ2) is 19.0. The first-order valence-corrected chi connectivity index (χ1v) is 29.0. The van der Waals surface area contributed by atoms with Crippen molar-refractivity contribution in [1.82, 2.24) is 0 Å². The van der Waals surface area contributed by atoms with E-state index in [2.05, 4.69) is 280 Å². The van der Waals surface area contributed by atoms with Crippen LogP contribution in [0.15, 0.2) is 237 Å². The van der Waals surface area contributed by atoms with Crippen molar-refractivity contribution in [3.63, 3.8) is 0 Å². The van der Waals surface area contributed by atoms with Crippen molar-refractivity contribution in [2.75, 3.05) is 9.80 Å². The lowest BCUT2D eigenvalue weighted by atomic mass is 9.82. The molecule has 0 bridgehead atoms. The van der Waals surface area contributed by atoms with Crippen LogP contribution in [0.2, 0.25) is 0 Å². The van der Waals surface area contributed by atoms with E-state index in [1.54, 1.807) is 0 Å². The third-order valence-corrected chi connectivity index (χ3v) is 18.4. The van der Waals surface area contributed by atoms with Gasteiger partial charge in [0.25, 0.3) is 0 Å². The normalized spacial score (nSPS) is 14.0. The topological polar surface area (TPSA) is 6.48 Å². The Morgan fingerprint density at radius 2 is 0.886 bits per heavy atom. The zero-order valence-corrected chi connectivity index (χ0v) is 46.6. The van der Waals surface area contributed by atoms with Gasteiger partial charge in [-0.2, -0.15) is 0 Å². The van der Waals surface area contributed by atoms with Crippen LogP contribution >= 0.6 is 11.3 Å². The van der Waals surface area contributed by atoms with E-state index >= 15 is 0 Å². The summed E-state index contributed by atoms with van der Waals surface area (Å²) in [5.41, 5.74) is 24.5. The summed E-state index contributed by atoms with van der Waals surface area (Å²) in [6.07, 6.45) is 6.90. The number of hydrogen-bond acceptors (Lipinski definition) is 3. The van der Waals surface area contributed by atoms with E-state index in [0.717, 1.165) is 58.1 Å². The maximum absolute atomic E-state index is 2.52. The Hall–Kier alpha value is -8.76. The molecule has 0 unspecified atom stereocenters. The molecule has 382 valence electrons. The Morgan fingerprint density at radius 3 is 1.49 bits per heavy atom. The lowest BCUT2D eigenvalue weighted by molar-refractivity contribution is 0.660. The predicted molar refractivity (Wildman–Crippen MR) is 341 cm³/mol. The monoisotopic (exact) mass is 1030 g/mol. The first-order chi connectivity index (χ1) is 38.7. The van der Waals surface area contributed by atoms with Crippen LogP contribution in [0.4, 0.5) is 34.1 Å². The van der Waals surface area contributed by atoms with Gasteiger partial charge in [0.15, 0.2) is 0 Å². The average Bonchev–Trinajstić information content (AvgIpc) is 4.24. The Bertz CT molecular complexity index is 4230. The molecular formula is C76H62N2S. The van der Waals surface area contributed by atoms with E-state index < -0.39 is 0 Å². The van der Waals surface area contributed by atoms with Crippen molar-refractivity contribution in [3.05, 3.63) is 270 Å². The number of anilines is 6. The molecule has 3 heteroatoms. The van der Waals surface area contributed by atoms with Crippen LogP contribution in [0.3, 0.4) is 0 Å². The summed E-state index contributed by atoms with van der Waals surface area (Å²) in [6.45, 7) is 13.5. The smallest absolute Gasteiger partial charge is 0.0543 e. The number of thiophene rings is 1. The zero-order valence-electron chi connectivity index (χ0n) is 45.8. The quantitative estimate of drug-likeness (QED) is 0.150. The molecular weight excluding hydrogens is 973 g/mol. The molecule has 0 spiro atoms. The third-order valence-electron chi connectivity index (χ3n) is 17.3. The molecule has 2 nitrogen and oxygen atoms in total. The fraction of sp³-hybridized carbons (Fsp3) is 0.132. The van der Waals surface area contributed by atoms with Crippen molar-refractivity contribution < 1.29 is 0 Å². The largest absolute Gasteiger partial charge is 0.310 e. The highest BCUT2D eigenvalue weighted by atomic mass is 32.1. The van der Waals surface area contributed by atoms with E-state index in [1.165, 1.54) is 97.7 Å². The van der Waals surface area contributed by atoms with Gasteiger partial charge in [-0.05, 0) is 157 Å². The van der Waals surface area contributed by atoms with Crippen molar-refractivity contribution in [3.8, 4) is 44.5 Å². The van der Waals surface area contributed by atoms with E-state index in [0.29, 0.717) is 0 Å². The Balaban J connectivity index is 0.00000279. The van der Waals surface area contributed by atoms with Crippen LogP contribution in [0.25, 0.3) is 81.5 Å². The van der Waals surface area contributed by atoms with Gasteiger partial charge in [0.1, 0.15) is 0 Å². The van der Waals surface area contributed by atoms with Crippen LogP contribution in [-0.2, 0) is 17.3 Å². The van der Waals surface area contributed by atoms with Gasteiger partial charge in [-0.3, -0.25) is 0 Å². The predicted octanol–water partition coefficient (Wildman–Crippen LogP) is 22.1. The number of fused-ring (bicyclic) bond motifs is 14. The van der Waals surface area contributed by atoms with Gasteiger partial charge in [-0.15, -0.1) is 11.3 Å². The van der Waals surface area contributed by atoms with Crippen molar-refractivity contribution in [2.24, 2.45) is 0 Å². The summed E-state index contributed by atoms with van der Waals surface area (Å²) in [6, 6.07) is 86.6. The van der Waals surface area contributed by atoms with Gasteiger partial charge in [0.05, 0.1) is 11.4 Å². The molecule has 11 aromatic carbocycles. The van der Waals surface area contributed by atoms with E-state index in [9.17, 15) is 0 Å². The van der Waals surface area contributed by atoms with E-state index in [1.807, 2.05) is 25.2 Å². The maximum atomic E-state index is 2.52. The van der Waals surface area contributed by atoms with Gasteiger partial charge in [-0.1, -0.05) is 217 Å². The Kier molecular flexibility index (Phi) is 11.7. The number of benzene rings is 11. The molecule has 0 saturated heterocycles. The molecule has 15 rings (SSSR count). The summed E-state index contributed by atoms with van der Waals surface area (Å²) in [5.74, 6) is 0. The number of hydrogen-bond donors (Lipinski definition) is 0. The Labute approximate surface area is 469 Å². The summed E-state index contributed by atoms with van der Waals surface area (Å²) in [4.78, 5) is 5.04. The first-order valence-electron chi connectivity index (χ1n) is 28.2. The van der Waals surface area contributed by atoms with Gasteiger partial charge in [0.2, 0.25) is 0 Å². The van der Waals surface area contributed by atoms with Crippen LogP contribution in [0.5, 0.6) is 0 Å². The standard InChI is InChI=1S/C74H56N2S.C2H6/c1-73(2)61-36-17-15-33-59(61)68-63(73)38-21-40-65(68)75(50-25-7-5-8-26-50)52-44-49(45-53(46-52)76(51-27-9-6-10-28-51)66-41-22-39-64-69(66)60-34-16-18-37-62(60)74(64,3)4)47-23-19-24-48(43-47)54-35-20-42-67-70(54)71-57-31-13-11-29-55(57)56-30-12-14-32-58(56)72(71)77-67;1-2/h5-10,12-28,30-46H,11,29H2,1-4H3;1-2H3. The van der Waals surface area contributed by atoms with Crippen LogP contribution in [-0.4, -0.2) is 0 Å². The minimum absolute atomic E-state index is 0.168. The second-order valence-corrected chi connectivity index (χ2v) is 23.3. The highest BCUT2D eigenvalue weighted by Gasteiger charge is 2.40. The molecule has 0 saturated carbocycles. The summed E-state index contributed by atoms with van der Waals surface area (Å²) < 4.78 is 2.70. The van der Waals surface area contributed by atoms with Crippen molar-refractivity contribution in [1.29, 1.82) is 0 Å². The summed E-state index contributed by atoms with van der Waals surface area (Å²) >= 11 is 1.94. The molecule has 12 aromatic rings. The molecule has 0 aliphatic heterocycles. The fourth-order valence-corrected chi connectivity index (χ4v) is 15.0. The van der Waals surface area contributed by atoms with Crippen molar-refractivity contribution >= 4 is 82.5 Å². The number of allylic oxidation sites excluding steroid dienone is 1. The SMILES string of the molecule is CC.CC1(C)c2ccccc2-c2c(N(c3ccccc3)c3cc(-c4cccc(-c5cccc6sc7c8ccccc8c8c(c7c56)C=CCC8)c4)cc(N(c4ccccc4)c4cccc5c4-c4ccccc4C5(C)C)c3)cccc21. The zero-order chi connectivity index (χ0) is 53.6. The minimum Gasteiger partial charge on any atom is -0.310 e. The second-order valence-electron chi connectivity index (χ2n) is 22.3. The number of aryl methyl sites for hydroxylation is 1. The van der Waals surface area contributed by atoms with Crippen LogP contribution < -0.4 is 9.80 Å². The van der Waals surface area contributed by atoms with Gasteiger partial charge >= 0.3 is 0 Å². The molecule has 1 aromatic heterocycles. The van der Waals surface area contributed by atoms with E-state index in [-0.39, 0.29) is 10.8 Å². The van der Waals surface area contributed by atoms with Gasteiger partial charge in [0, 0.05) is 64.9 Å². The molecule has 0 N–H and O–H groups in total. The summed E-state index contributed by atoms with van der Waals surface area (Å²) in [7, 11) is 0. The highest BCUT2D eigenvalue weighted by molar-refractivity contribution is 7.26. The fourth-order valence-electron chi connectivity index (χ4n) is 13.7. The van der Waals surface area contributed by atoms with Crippen LogP contribution in [0.1, 0.15) is 81.3 Å². The molecule has 0 radical (unpaired) electrons. The molecule has 1 heterocycles. The molecule has 3 aliphatic rings. The highest BCUT2D eigenvalue weighted by Crippen LogP contribution is 2.57. The van der Waals surface area contributed by atoms with E-state index in [4.69, 9.17) is 0 Å². The average molecular weight is 1040 g/mol. The maximum Gasteiger partial charge on any atom is 0.0543 e. The molecule has 0 fully saturated rings. The number of nitrogens with zero attached hydrogens (tertiary/aromatic N) is 2. The van der Waals surface area contributed by atoms with Gasteiger partial charge < -0.3 is 9.80 Å². The third kappa shape index (κ3) is 7.58. The number of rotatable bonds is 8. The lowest BCUT2D eigenvalue weighted by Crippen LogP contribution is -2.17. The molecule has 0 atom stereocenters. The van der Waals surface area contributed by atoms with Crippen LogP contribution in [0, 0.1) is 0 Å². The minimum atomic E-state index is -0.168. The molecule has 3 aliphatic carbocycles. The Morgan fingerprint density at radius 1 is 0.392 bits per heavy atom. The number of para-hydroxylation sites is 2. The lowest BCUT2D eigenvalue weighted by Gasteiger charge is -2.32. The van der Waals surface area contributed by atoms with Crippen molar-refractivity contribution in [2.45, 2.75) is 65.2 Å². The molecule has 79 heavy (non-hydrogen) atoms. The first kappa shape index (κ1) is 48.6. The van der Waals surface area contributed by atoms with Gasteiger partial charge in [-0.25, -0.2) is 0 Å².